The van der Waals surface area contributed by atoms with Gasteiger partial charge in [0.15, 0.2) is 5.82 Å². The van der Waals surface area contributed by atoms with Crippen LogP contribution in [0.3, 0.4) is 0 Å². The average molecular weight is 372 g/mol. The van der Waals surface area contributed by atoms with Crippen LogP contribution in [0.1, 0.15) is 44.6 Å². The topological polar surface area (TPSA) is 52.8 Å². The van der Waals surface area contributed by atoms with Crippen LogP contribution in [0.5, 0.6) is 0 Å². The number of nitrogens with zero attached hydrogens (tertiary/aromatic N) is 7. The number of fused-ring (bicyclic) bond motifs is 1. The summed E-state index contributed by atoms with van der Waals surface area (Å²) < 4.78 is 1.96. The van der Waals surface area contributed by atoms with E-state index in [1.807, 2.05) is 4.52 Å². The summed E-state index contributed by atoms with van der Waals surface area (Å²) in [6.45, 7) is 15.4. The van der Waals surface area contributed by atoms with E-state index in [1.54, 1.807) is 0 Å². The summed E-state index contributed by atoms with van der Waals surface area (Å²) in [6, 6.07) is 2.16. The molecule has 0 bridgehead atoms. The fourth-order valence-electron chi connectivity index (χ4n) is 4.23. The highest BCUT2D eigenvalue weighted by molar-refractivity contribution is 5.48. The van der Waals surface area contributed by atoms with Crippen molar-refractivity contribution in [2.24, 2.45) is 5.92 Å². The molecule has 2 aromatic heterocycles. The maximum atomic E-state index is 4.84. The van der Waals surface area contributed by atoms with Crippen LogP contribution in [0.2, 0.25) is 0 Å². The van der Waals surface area contributed by atoms with Gasteiger partial charge in [0, 0.05) is 51.0 Å². The van der Waals surface area contributed by atoms with Crippen molar-refractivity contribution < 1.29 is 0 Å². The molecule has 4 heterocycles. The minimum atomic E-state index is 0.739. The zero-order valence-corrected chi connectivity index (χ0v) is 17.1. The predicted molar refractivity (Wildman–Crippen MR) is 108 cm³/mol. The Morgan fingerprint density at radius 2 is 1.70 bits per heavy atom. The molecule has 2 aliphatic heterocycles. The molecule has 7 nitrogen and oxygen atoms in total. The first kappa shape index (κ1) is 18.6. The fourth-order valence-corrected chi connectivity index (χ4v) is 4.23. The van der Waals surface area contributed by atoms with Crippen LogP contribution in [0.25, 0.3) is 5.78 Å². The standard InChI is InChI=1S/C20H33N7/c1-4-7-24-10-12-25(13-11-24)15-18-22-20-21-17(3)14-19(27(20)23-18)26-8-5-16(2)6-9-26/h14,16H,4-13,15H2,1-3H3. The molecule has 0 aromatic carbocycles. The van der Waals surface area contributed by atoms with Gasteiger partial charge in [0.1, 0.15) is 5.82 Å². The van der Waals surface area contributed by atoms with Crippen molar-refractivity contribution in [1.82, 2.24) is 29.4 Å². The molecular weight excluding hydrogens is 338 g/mol. The van der Waals surface area contributed by atoms with Gasteiger partial charge in [-0.05, 0) is 38.6 Å². The summed E-state index contributed by atoms with van der Waals surface area (Å²) in [5.41, 5.74) is 1.02. The molecule has 0 radical (unpaired) electrons. The van der Waals surface area contributed by atoms with Crippen molar-refractivity contribution in [2.75, 3.05) is 50.7 Å². The Morgan fingerprint density at radius 3 is 2.41 bits per heavy atom. The van der Waals surface area contributed by atoms with Crippen molar-refractivity contribution in [3.63, 3.8) is 0 Å². The average Bonchev–Trinajstić information content (AvgIpc) is 3.05. The van der Waals surface area contributed by atoms with Gasteiger partial charge in [0.2, 0.25) is 0 Å². The molecule has 0 amide bonds. The van der Waals surface area contributed by atoms with Crippen LogP contribution in [0.4, 0.5) is 5.82 Å². The van der Waals surface area contributed by atoms with E-state index in [2.05, 4.69) is 46.5 Å². The first-order chi connectivity index (χ1) is 13.1. The Kier molecular flexibility index (Phi) is 5.59. The molecule has 0 saturated carbocycles. The monoisotopic (exact) mass is 371 g/mol. The molecule has 0 N–H and O–H groups in total. The molecule has 0 spiro atoms. The number of piperazine rings is 1. The third-order valence-corrected chi connectivity index (χ3v) is 5.94. The number of anilines is 1. The molecule has 27 heavy (non-hydrogen) atoms. The fraction of sp³-hybridized carbons (Fsp3) is 0.750. The zero-order chi connectivity index (χ0) is 18.8. The number of rotatable bonds is 5. The summed E-state index contributed by atoms with van der Waals surface area (Å²) >= 11 is 0. The summed E-state index contributed by atoms with van der Waals surface area (Å²) in [7, 11) is 0. The van der Waals surface area contributed by atoms with Gasteiger partial charge >= 0.3 is 0 Å². The highest BCUT2D eigenvalue weighted by Gasteiger charge is 2.22. The van der Waals surface area contributed by atoms with E-state index in [-0.39, 0.29) is 0 Å². The lowest BCUT2D eigenvalue weighted by atomic mass is 9.99. The number of aryl methyl sites for hydroxylation is 1. The van der Waals surface area contributed by atoms with E-state index < -0.39 is 0 Å². The van der Waals surface area contributed by atoms with Crippen molar-refractivity contribution >= 4 is 11.6 Å². The third kappa shape index (κ3) is 4.24. The van der Waals surface area contributed by atoms with E-state index in [1.165, 1.54) is 25.8 Å². The summed E-state index contributed by atoms with van der Waals surface area (Å²) in [5, 5.41) is 4.84. The summed E-state index contributed by atoms with van der Waals surface area (Å²) in [6.07, 6.45) is 3.72. The first-order valence-corrected chi connectivity index (χ1v) is 10.6. The van der Waals surface area contributed by atoms with E-state index in [4.69, 9.17) is 10.1 Å². The van der Waals surface area contributed by atoms with Crippen molar-refractivity contribution in [3.8, 4) is 0 Å². The second kappa shape index (κ2) is 8.10. The molecule has 0 unspecified atom stereocenters. The number of aromatic nitrogens is 4. The molecule has 2 fully saturated rings. The Bertz CT molecular complexity index is 755. The molecule has 4 rings (SSSR count). The summed E-state index contributed by atoms with van der Waals surface area (Å²) in [4.78, 5) is 16.9. The van der Waals surface area contributed by atoms with Gasteiger partial charge in [-0.25, -0.2) is 4.98 Å². The molecular formula is C20H33N7. The quantitative estimate of drug-likeness (QED) is 0.803. The van der Waals surface area contributed by atoms with E-state index in [9.17, 15) is 0 Å². The van der Waals surface area contributed by atoms with Gasteiger partial charge in [-0.15, -0.1) is 5.10 Å². The molecule has 2 saturated heterocycles. The molecule has 2 aliphatic rings. The highest BCUT2D eigenvalue weighted by atomic mass is 15.4. The van der Waals surface area contributed by atoms with Crippen molar-refractivity contribution in [1.29, 1.82) is 0 Å². The van der Waals surface area contributed by atoms with Gasteiger partial charge < -0.3 is 9.80 Å². The van der Waals surface area contributed by atoms with Crippen LogP contribution >= 0.6 is 0 Å². The molecule has 0 aliphatic carbocycles. The third-order valence-electron chi connectivity index (χ3n) is 5.94. The van der Waals surface area contributed by atoms with Gasteiger partial charge in [0.05, 0.1) is 6.54 Å². The molecule has 0 atom stereocenters. The van der Waals surface area contributed by atoms with Crippen LogP contribution in [0, 0.1) is 12.8 Å². The minimum absolute atomic E-state index is 0.739. The van der Waals surface area contributed by atoms with E-state index >= 15 is 0 Å². The van der Waals surface area contributed by atoms with Gasteiger partial charge in [-0.2, -0.15) is 9.50 Å². The number of hydrogen-bond donors (Lipinski definition) is 0. The van der Waals surface area contributed by atoms with Gasteiger partial charge in [-0.3, -0.25) is 4.90 Å². The van der Waals surface area contributed by atoms with Crippen molar-refractivity contribution in [2.45, 2.75) is 46.6 Å². The smallest absolute Gasteiger partial charge is 0.254 e. The van der Waals surface area contributed by atoms with Crippen LogP contribution < -0.4 is 4.90 Å². The Labute approximate surface area is 162 Å². The second-order valence-corrected chi connectivity index (χ2v) is 8.28. The Balaban J connectivity index is 1.50. The Morgan fingerprint density at radius 1 is 1.00 bits per heavy atom. The second-order valence-electron chi connectivity index (χ2n) is 8.28. The van der Waals surface area contributed by atoms with Crippen LogP contribution in [-0.2, 0) is 6.54 Å². The molecule has 2 aromatic rings. The maximum absolute atomic E-state index is 4.84. The van der Waals surface area contributed by atoms with Crippen LogP contribution in [-0.4, -0.2) is 75.2 Å². The molecule has 148 valence electrons. The van der Waals surface area contributed by atoms with Gasteiger partial charge in [0.25, 0.3) is 5.78 Å². The maximum Gasteiger partial charge on any atom is 0.254 e. The van der Waals surface area contributed by atoms with E-state index in [0.717, 1.165) is 74.8 Å². The van der Waals surface area contributed by atoms with Crippen LogP contribution in [0.15, 0.2) is 6.07 Å². The molecule has 7 heteroatoms. The van der Waals surface area contributed by atoms with Crippen molar-refractivity contribution in [3.05, 3.63) is 17.6 Å². The predicted octanol–water partition coefficient (Wildman–Crippen LogP) is 2.20. The highest BCUT2D eigenvalue weighted by Crippen LogP contribution is 2.24. The normalized spacial score (nSPS) is 20.6. The zero-order valence-electron chi connectivity index (χ0n) is 17.1. The lowest BCUT2D eigenvalue weighted by Crippen LogP contribution is -2.46. The number of hydrogen-bond acceptors (Lipinski definition) is 6. The number of piperidine rings is 1. The van der Waals surface area contributed by atoms with Gasteiger partial charge in [-0.1, -0.05) is 13.8 Å². The summed E-state index contributed by atoms with van der Waals surface area (Å²) in [5.74, 6) is 3.60. The SMILES string of the molecule is CCCN1CCN(Cc2nc3nc(C)cc(N4CCC(C)CC4)n3n2)CC1. The largest absolute Gasteiger partial charge is 0.356 e. The minimum Gasteiger partial charge on any atom is -0.356 e. The Hall–Kier alpha value is -1.73. The first-order valence-electron chi connectivity index (χ1n) is 10.6. The lowest BCUT2D eigenvalue weighted by Gasteiger charge is -2.33. The lowest BCUT2D eigenvalue weighted by molar-refractivity contribution is 0.125. The van der Waals surface area contributed by atoms with E-state index in [0.29, 0.717) is 0 Å².